The molecular formula is C14H26N2O2. The Bertz CT molecular complexity index is 287. The van der Waals surface area contributed by atoms with Gasteiger partial charge in [-0.1, -0.05) is 0 Å². The van der Waals surface area contributed by atoms with Crippen molar-refractivity contribution in [3.05, 3.63) is 0 Å². The molecule has 2 fully saturated rings. The second-order valence-corrected chi connectivity index (χ2v) is 6.70. The molecule has 2 saturated heterocycles. The number of carbonyl (C=O) groups excluding carboxylic acids is 1. The fourth-order valence-electron chi connectivity index (χ4n) is 2.79. The molecule has 2 aliphatic rings. The Hall–Kier alpha value is -0.770. The van der Waals surface area contributed by atoms with E-state index in [9.17, 15) is 4.79 Å². The number of likely N-dealkylation sites (tertiary alicyclic amines) is 1. The third-order valence-electron chi connectivity index (χ3n) is 3.67. The summed E-state index contributed by atoms with van der Waals surface area (Å²) in [5.41, 5.74) is -0.380. The van der Waals surface area contributed by atoms with Crippen LogP contribution >= 0.6 is 0 Å². The van der Waals surface area contributed by atoms with Gasteiger partial charge < -0.3 is 15.0 Å². The molecule has 2 rings (SSSR count). The summed E-state index contributed by atoms with van der Waals surface area (Å²) in [6, 6.07) is 0. The number of nitrogens with one attached hydrogen (secondary N) is 1. The van der Waals surface area contributed by atoms with Gasteiger partial charge in [0.1, 0.15) is 5.60 Å². The zero-order chi connectivity index (χ0) is 13.2. The van der Waals surface area contributed by atoms with Gasteiger partial charge in [-0.3, -0.25) is 0 Å². The standard InChI is InChI=1S/C14H26N2O2/c1-14(2,3)18-13(17)16-9-12(10-16)7-11-5-4-6-15-8-11/h11-12,15H,4-10H2,1-3H3. The first-order chi connectivity index (χ1) is 8.44. The number of hydrogen-bond acceptors (Lipinski definition) is 3. The van der Waals surface area contributed by atoms with Crippen molar-refractivity contribution in [3.8, 4) is 0 Å². The minimum atomic E-state index is -0.380. The highest BCUT2D eigenvalue weighted by molar-refractivity contribution is 5.69. The second-order valence-electron chi connectivity index (χ2n) is 6.70. The van der Waals surface area contributed by atoms with Crippen molar-refractivity contribution in [2.75, 3.05) is 26.2 Å². The van der Waals surface area contributed by atoms with Crippen LogP contribution in [0, 0.1) is 11.8 Å². The molecule has 4 heteroatoms. The lowest BCUT2D eigenvalue weighted by molar-refractivity contribution is -0.00496. The SMILES string of the molecule is CC(C)(C)OC(=O)N1CC(CC2CCCNC2)C1. The van der Waals surface area contributed by atoms with Crippen molar-refractivity contribution in [2.24, 2.45) is 11.8 Å². The van der Waals surface area contributed by atoms with Gasteiger partial charge in [-0.05, 0) is 65.0 Å². The summed E-state index contributed by atoms with van der Waals surface area (Å²) in [6.45, 7) is 9.83. The van der Waals surface area contributed by atoms with Gasteiger partial charge in [0, 0.05) is 13.1 Å². The highest BCUT2D eigenvalue weighted by Gasteiger charge is 2.34. The summed E-state index contributed by atoms with van der Waals surface area (Å²) in [5, 5.41) is 3.45. The predicted octanol–water partition coefficient (Wildman–Crippen LogP) is 2.24. The smallest absolute Gasteiger partial charge is 0.410 e. The van der Waals surface area contributed by atoms with E-state index in [0.717, 1.165) is 25.6 Å². The molecule has 2 aliphatic heterocycles. The van der Waals surface area contributed by atoms with Crippen LogP contribution < -0.4 is 5.32 Å². The Morgan fingerprint density at radius 2 is 2.06 bits per heavy atom. The van der Waals surface area contributed by atoms with Crippen molar-refractivity contribution >= 4 is 6.09 Å². The topological polar surface area (TPSA) is 41.6 Å². The monoisotopic (exact) mass is 254 g/mol. The fraction of sp³-hybridized carbons (Fsp3) is 0.929. The van der Waals surface area contributed by atoms with E-state index in [4.69, 9.17) is 4.74 Å². The molecule has 0 aromatic carbocycles. The lowest BCUT2D eigenvalue weighted by Gasteiger charge is -2.41. The Kier molecular flexibility index (Phi) is 4.15. The van der Waals surface area contributed by atoms with Gasteiger partial charge in [-0.2, -0.15) is 0 Å². The van der Waals surface area contributed by atoms with Gasteiger partial charge in [0.05, 0.1) is 0 Å². The van der Waals surface area contributed by atoms with E-state index >= 15 is 0 Å². The molecule has 0 radical (unpaired) electrons. The van der Waals surface area contributed by atoms with Crippen LogP contribution in [-0.2, 0) is 4.74 Å². The van der Waals surface area contributed by atoms with E-state index in [2.05, 4.69) is 5.32 Å². The van der Waals surface area contributed by atoms with Crippen molar-refractivity contribution in [1.29, 1.82) is 0 Å². The second kappa shape index (κ2) is 5.47. The van der Waals surface area contributed by atoms with Gasteiger partial charge >= 0.3 is 6.09 Å². The van der Waals surface area contributed by atoms with Crippen LogP contribution in [0.3, 0.4) is 0 Å². The van der Waals surface area contributed by atoms with E-state index in [0.29, 0.717) is 5.92 Å². The van der Waals surface area contributed by atoms with E-state index in [1.807, 2.05) is 25.7 Å². The van der Waals surface area contributed by atoms with Gasteiger partial charge in [0.25, 0.3) is 0 Å². The van der Waals surface area contributed by atoms with Crippen LogP contribution in [0.25, 0.3) is 0 Å². The van der Waals surface area contributed by atoms with Gasteiger partial charge in [0.2, 0.25) is 0 Å². The summed E-state index contributed by atoms with van der Waals surface area (Å²) in [7, 11) is 0. The van der Waals surface area contributed by atoms with E-state index in [-0.39, 0.29) is 11.7 Å². The van der Waals surface area contributed by atoms with Crippen LogP contribution in [0.1, 0.15) is 40.0 Å². The minimum absolute atomic E-state index is 0.152. The number of hydrogen-bond donors (Lipinski definition) is 1. The maximum atomic E-state index is 11.8. The van der Waals surface area contributed by atoms with Crippen LogP contribution in [-0.4, -0.2) is 42.8 Å². The van der Waals surface area contributed by atoms with Gasteiger partial charge in [-0.25, -0.2) is 4.79 Å². The summed E-state index contributed by atoms with van der Waals surface area (Å²) in [4.78, 5) is 13.6. The average Bonchev–Trinajstić information content (AvgIpc) is 2.21. The molecule has 1 N–H and O–H groups in total. The Morgan fingerprint density at radius 3 is 2.61 bits per heavy atom. The van der Waals surface area contributed by atoms with Crippen LogP contribution in [0.2, 0.25) is 0 Å². The van der Waals surface area contributed by atoms with E-state index < -0.39 is 0 Å². The molecule has 0 aromatic heterocycles. The normalized spacial score (nSPS) is 25.7. The molecule has 1 atom stereocenters. The van der Waals surface area contributed by atoms with Crippen molar-refractivity contribution in [1.82, 2.24) is 10.2 Å². The van der Waals surface area contributed by atoms with Crippen LogP contribution in [0.5, 0.6) is 0 Å². The zero-order valence-electron chi connectivity index (χ0n) is 11.9. The van der Waals surface area contributed by atoms with E-state index in [1.54, 1.807) is 0 Å². The zero-order valence-corrected chi connectivity index (χ0v) is 11.9. The summed E-state index contributed by atoms with van der Waals surface area (Å²) >= 11 is 0. The fourth-order valence-corrected chi connectivity index (χ4v) is 2.79. The van der Waals surface area contributed by atoms with Gasteiger partial charge in [-0.15, -0.1) is 0 Å². The summed E-state index contributed by atoms with van der Waals surface area (Å²) in [6.07, 6.45) is 3.75. The van der Waals surface area contributed by atoms with Gasteiger partial charge in [0.15, 0.2) is 0 Å². The number of nitrogens with zero attached hydrogens (tertiary/aromatic N) is 1. The number of piperidine rings is 1. The molecule has 0 saturated carbocycles. The maximum Gasteiger partial charge on any atom is 0.410 e. The van der Waals surface area contributed by atoms with Crippen LogP contribution in [0.15, 0.2) is 0 Å². The third kappa shape index (κ3) is 3.87. The Balaban J connectivity index is 1.65. The quantitative estimate of drug-likeness (QED) is 0.821. The first kappa shape index (κ1) is 13.7. The van der Waals surface area contributed by atoms with E-state index in [1.165, 1.54) is 25.8 Å². The van der Waals surface area contributed by atoms with Crippen molar-refractivity contribution < 1.29 is 9.53 Å². The molecular weight excluding hydrogens is 228 g/mol. The number of amides is 1. The largest absolute Gasteiger partial charge is 0.444 e. The highest BCUT2D eigenvalue weighted by Crippen LogP contribution is 2.27. The Labute approximate surface area is 110 Å². The first-order valence-electron chi connectivity index (χ1n) is 7.13. The molecule has 0 spiro atoms. The highest BCUT2D eigenvalue weighted by atomic mass is 16.6. The summed E-state index contributed by atoms with van der Waals surface area (Å²) < 4.78 is 5.35. The molecule has 0 aromatic rings. The number of rotatable bonds is 2. The predicted molar refractivity (Wildman–Crippen MR) is 71.5 cm³/mol. The molecule has 104 valence electrons. The molecule has 1 unspecified atom stereocenters. The van der Waals surface area contributed by atoms with Crippen LogP contribution in [0.4, 0.5) is 4.79 Å². The number of ether oxygens (including phenoxy) is 1. The number of carbonyl (C=O) groups is 1. The average molecular weight is 254 g/mol. The molecule has 4 nitrogen and oxygen atoms in total. The molecule has 18 heavy (non-hydrogen) atoms. The molecule has 2 heterocycles. The lowest BCUT2D eigenvalue weighted by Crippen LogP contribution is -2.52. The van der Waals surface area contributed by atoms with Crippen molar-refractivity contribution in [2.45, 2.75) is 45.6 Å². The third-order valence-corrected chi connectivity index (χ3v) is 3.67. The minimum Gasteiger partial charge on any atom is -0.444 e. The Morgan fingerprint density at radius 1 is 1.33 bits per heavy atom. The maximum absolute atomic E-state index is 11.8. The first-order valence-corrected chi connectivity index (χ1v) is 7.13. The van der Waals surface area contributed by atoms with Crippen molar-refractivity contribution in [3.63, 3.8) is 0 Å². The molecule has 1 amide bonds. The molecule has 0 bridgehead atoms. The summed E-state index contributed by atoms with van der Waals surface area (Å²) in [5.74, 6) is 1.49. The lowest BCUT2D eigenvalue weighted by atomic mass is 9.85. The molecule has 0 aliphatic carbocycles.